The van der Waals surface area contributed by atoms with Gasteiger partial charge in [0, 0.05) is 10.9 Å². The van der Waals surface area contributed by atoms with Gasteiger partial charge in [-0.1, -0.05) is 12.1 Å². The van der Waals surface area contributed by atoms with Crippen LogP contribution in [0.5, 0.6) is 0 Å². The van der Waals surface area contributed by atoms with Gasteiger partial charge in [0.05, 0.1) is 29.4 Å². The Morgan fingerprint density at radius 3 is 2.84 bits per heavy atom. The van der Waals surface area contributed by atoms with E-state index in [0.717, 1.165) is 31.8 Å². The number of nitrogens with zero attached hydrogens (tertiary/aromatic N) is 1. The Morgan fingerprint density at radius 1 is 1.20 bits per heavy atom. The number of carbonyl (C=O) groups excluding carboxylic acids is 1. The fraction of sp³-hybridized carbons (Fsp3) is 0.200. The standard InChI is InChI=1S/C20H18N2O2S/c1-12-7-15-14(11-24-17(15)8-13(12)2)9-19(23)21-10-20-22-16-5-3-4-6-18(16)25-20/h3-8,11H,9-10H2,1-2H3,(H,21,23). The molecule has 0 saturated carbocycles. The van der Waals surface area contributed by atoms with Gasteiger partial charge < -0.3 is 9.73 Å². The summed E-state index contributed by atoms with van der Waals surface area (Å²) >= 11 is 1.61. The summed E-state index contributed by atoms with van der Waals surface area (Å²) in [5.74, 6) is -0.0276. The number of nitrogens with one attached hydrogen (secondary N) is 1. The summed E-state index contributed by atoms with van der Waals surface area (Å²) in [5, 5.41) is 4.88. The van der Waals surface area contributed by atoms with Crippen molar-refractivity contribution >= 4 is 38.4 Å². The van der Waals surface area contributed by atoms with E-state index in [-0.39, 0.29) is 5.91 Å². The summed E-state index contributed by atoms with van der Waals surface area (Å²) < 4.78 is 6.74. The van der Waals surface area contributed by atoms with E-state index in [2.05, 4.69) is 30.2 Å². The molecule has 0 saturated heterocycles. The van der Waals surface area contributed by atoms with Crippen LogP contribution in [0.25, 0.3) is 21.2 Å². The van der Waals surface area contributed by atoms with Gasteiger partial charge in [0.2, 0.25) is 5.91 Å². The number of benzene rings is 2. The van der Waals surface area contributed by atoms with Crippen molar-refractivity contribution in [3.05, 3.63) is 64.4 Å². The molecule has 2 aromatic carbocycles. The molecule has 0 fully saturated rings. The third kappa shape index (κ3) is 3.15. The number of fused-ring (bicyclic) bond motifs is 2. The number of hydrogen-bond donors (Lipinski definition) is 1. The SMILES string of the molecule is Cc1cc2occ(CC(=O)NCc3nc4ccccc4s3)c2cc1C. The lowest BCUT2D eigenvalue weighted by Crippen LogP contribution is -2.24. The smallest absolute Gasteiger partial charge is 0.224 e. The van der Waals surface area contributed by atoms with Crippen molar-refractivity contribution in [2.45, 2.75) is 26.8 Å². The van der Waals surface area contributed by atoms with Crippen LogP contribution in [-0.2, 0) is 17.8 Å². The van der Waals surface area contributed by atoms with Crippen molar-refractivity contribution in [3.63, 3.8) is 0 Å². The third-order valence-electron chi connectivity index (χ3n) is 4.40. The third-order valence-corrected chi connectivity index (χ3v) is 5.43. The maximum Gasteiger partial charge on any atom is 0.224 e. The Bertz CT molecular complexity index is 1040. The molecule has 5 heteroatoms. The maximum atomic E-state index is 12.3. The second-order valence-corrected chi connectivity index (χ2v) is 7.34. The van der Waals surface area contributed by atoms with E-state index in [1.54, 1.807) is 17.6 Å². The summed E-state index contributed by atoms with van der Waals surface area (Å²) in [4.78, 5) is 16.9. The summed E-state index contributed by atoms with van der Waals surface area (Å²) in [6.07, 6.45) is 1.99. The van der Waals surface area contributed by atoms with E-state index in [4.69, 9.17) is 4.42 Å². The van der Waals surface area contributed by atoms with Gasteiger partial charge >= 0.3 is 0 Å². The fourth-order valence-corrected chi connectivity index (χ4v) is 3.79. The van der Waals surface area contributed by atoms with Crippen molar-refractivity contribution in [2.75, 3.05) is 0 Å². The molecule has 0 bridgehead atoms. The average Bonchev–Trinajstić information content (AvgIpc) is 3.18. The molecule has 0 unspecified atom stereocenters. The highest BCUT2D eigenvalue weighted by Gasteiger charge is 2.12. The largest absolute Gasteiger partial charge is 0.464 e. The van der Waals surface area contributed by atoms with Crippen LogP contribution < -0.4 is 5.32 Å². The zero-order chi connectivity index (χ0) is 17.4. The van der Waals surface area contributed by atoms with Crippen LogP contribution in [0.1, 0.15) is 21.7 Å². The normalized spacial score (nSPS) is 11.3. The molecule has 1 N–H and O–H groups in total. The lowest BCUT2D eigenvalue weighted by Gasteiger charge is -2.03. The van der Waals surface area contributed by atoms with Crippen LogP contribution in [0.3, 0.4) is 0 Å². The Kier molecular flexibility index (Phi) is 4.01. The first-order valence-electron chi connectivity index (χ1n) is 8.18. The van der Waals surface area contributed by atoms with Gasteiger partial charge in [-0.3, -0.25) is 4.79 Å². The molecule has 0 radical (unpaired) electrons. The van der Waals surface area contributed by atoms with Crippen molar-refractivity contribution < 1.29 is 9.21 Å². The first kappa shape index (κ1) is 15.8. The average molecular weight is 350 g/mol. The van der Waals surface area contributed by atoms with E-state index < -0.39 is 0 Å². The highest BCUT2D eigenvalue weighted by atomic mass is 32.1. The lowest BCUT2D eigenvalue weighted by atomic mass is 10.0. The molecule has 0 atom stereocenters. The molecule has 4 aromatic rings. The molecule has 0 spiro atoms. The van der Waals surface area contributed by atoms with Gasteiger partial charge in [0.1, 0.15) is 10.6 Å². The second-order valence-electron chi connectivity index (χ2n) is 6.22. The molecule has 25 heavy (non-hydrogen) atoms. The van der Waals surface area contributed by atoms with Crippen LogP contribution in [0.4, 0.5) is 0 Å². The predicted octanol–water partition coefficient (Wildman–Crippen LogP) is 4.52. The van der Waals surface area contributed by atoms with Crippen LogP contribution in [-0.4, -0.2) is 10.9 Å². The van der Waals surface area contributed by atoms with Gasteiger partial charge in [0.25, 0.3) is 0 Å². The van der Waals surface area contributed by atoms with Crippen LogP contribution in [0.15, 0.2) is 47.1 Å². The number of aromatic nitrogens is 1. The summed E-state index contributed by atoms with van der Waals surface area (Å²) in [6, 6.07) is 12.1. The molecular weight excluding hydrogens is 332 g/mol. The van der Waals surface area contributed by atoms with E-state index in [1.807, 2.05) is 30.3 Å². The maximum absolute atomic E-state index is 12.3. The quantitative estimate of drug-likeness (QED) is 0.589. The molecule has 0 aliphatic heterocycles. The summed E-state index contributed by atoms with van der Waals surface area (Å²) in [6.45, 7) is 4.58. The molecule has 2 heterocycles. The molecule has 0 aliphatic carbocycles. The summed E-state index contributed by atoms with van der Waals surface area (Å²) in [7, 11) is 0. The number of carbonyl (C=O) groups is 1. The number of amides is 1. The van der Waals surface area contributed by atoms with Gasteiger partial charge in [-0.05, 0) is 49.2 Å². The number of furan rings is 1. The van der Waals surface area contributed by atoms with Crippen LogP contribution in [0, 0.1) is 13.8 Å². The van der Waals surface area contributed by atoms with Crippen molar-refractivity contribution in [2.24, 2.45) is 0 Å². The van der Waals surface area contributed by atoms with Crippen molar-refractivity contribution in [1.82, 2.24) is 10.3 Å². The zero-order valence-corrected chi connectivity index (χ0v) is 14.9. The molecule has 4 nitrogen and oxygen atoms in total. The minimum atomic E-state index is -0.0276. The van der Waals surface area contributed by atoms with Crippen LogP contribution >= 0.6 is 11.3 Å². The first-order chi connectivity index (χ1) is 12.1. The number of aryl methyl sites for hydroxylation is 2. The fourth-order valence-electron chi connectivity index (χ4n) is 2.88. The zero-order valence-electron chi connectivity index (χ0n) is 14.1. The Labute approximate surface area is 149 Å². The Hall–Kier alpha value is -2.66. The van der Waals surface area contributed by atoms with Crippen LogP contribution in [0.2, 0.25) is 0 Å². The summed E-state index contributed by atoms with van der Waals surface area (Å²) in [5.41, 5.74) is 5.11. The first-order valence-corrected chi connectivity index (χ1v) is 9.00. The van der Waals surface area contributed by atoms with E-state index >= 15 is 0 Å². The minimum absolute atomic E-state index is 0.0276. The number of thiazole rings is 1. The monoisotopic (exact) mass is 350 g/mol. The van der Waals surface area contributed by atoms with Gasteiger partial charge in [-0.2, -0.15) is 0 Å². The Morgan fingerprint density at radius 2 is 2.00 bits per heavy atom. The predicted molar refractivity (Wildman–Crippen MR) is 101 cm³/mol. The van der Waals surface area contributed by atoms with Gasteiger partial charge in [-0.15, -0.1) is 11.3 Å². The van der Waals surface area contributed by atoms with E-state index in [9.17, 15) is 4.79 Å². The molecule has 1 amide bonds. The number of rotatable bonds is 4. The molecule has 0 aliphatic rings. The van der Waals surface area contributed by atoms with E-state index in [0.29, 0.717) is 13.0 Å². The molecule has 126 valence electrons. The molecular formula is C20H18N2O2S. The van der Waals surface area contributed by atoms with E-state index in [1.165, 1.54) is 11.1 Å². The molecule has 2 aromatic heterocycles. The Balaban J connectivity index is 1.46. The van der Waals surface area contributed by atoms with Crippen molar-refractivity contribution in [3.8, 4) is 0 Å². The second kappa shape index (κ2) is 6.33. The topological polar surface area (TPSA) is 55.1 Å². The lowest BCUT2D eigenvalue weighted by molar-refractivity contribution is -0.120. The molecule has 4 rings (SSSR count). The van der Waals surface area contributed by atoms with Gasteiger partial charge in [-0.25, -0.2) is 4.98 Å². The highest BCUT2D eigenvalue weighted by molar-refractivity contribution is 7.18. The van der Waals surface area contributed by atoms with Crippen molar-refractivity contribution in [1.29, 1.82) is 0 Å². The van der Waals surface area contributed by atoms with Gasteiger partial charge in [0.15, 0.2) is 0 Å². The number of para-hydroxylation sites is 1. The highest BCUT2D eigenvalue weighted by Crippen LogP contribution is 2.25. The number of hydrogen-bond acceptors (Lipinski definition) is 4. The minimum Gasteiger partial charge on any atom is -0.464 e.